The number of ether oxygens (including phenoxy) is 2. The van der Waals surface area contributed by atoms with Gasteiger partial charge in [-0.1, -0.05) is 11.6 Å². The van der Waals surface area contributed by atoms with Crippen molar-refractivity contribution in [3.8, 4) is 22.9 Å². The zero-order valence-electron chi connectivity index (χ0n) is 20.8. The van der Waals surface area contributed by atoms with Crippen LogP contribution in [0, 0.1) is 5.82 Å². The van der Waals surface area contributed by atoms with Gasteiger partial charge in [-0.3, -0.25) is 9.88 Å². The van der Waals surface area contributed by atoms with E-state index in [0.29, 0.717) is 27.4 Å². The molecule has 0 aliphatic carbocycles. The number of aromatic amines is 1. The second kappa shape index (κ2) is 12.2. The molecule has 6 rings (SSSR count). The second-order valence-corrected chi connectivity index (χ2v) is 9.04. The number of hydrogen-bond donors (Lipinski definition) is 2. The molecule has 0 saturated carbocycles. The Morgan fingerprint density at radius 3 is 2.61 bits per heavy atom. The molecule has 0 radical (unpaired) electrons. The quantitative estimate of drug-likeness (QED) is 0.323. The molecule has 11 heteroatoms. The van der Waals surface area contributed by atoms with Crippen molar-refractivity contribution in [2.24, 2.45) is 0 Å². The van der Waals surface area contributed by atoms with Gasteiger partial charge in [0.1, 0.15) is 11.6 Å². The van der Waals surface area contributed by atoms with Gasteiger partial charge in [-0.2, -0.15) is 0 Å². The summed E-state index contributed by atoms with van der Waals surface area (Å²) in [5.41, 5.74) is 2.93. The number of aromatic nitrogens is 5. The van der Waals surface area contributed by atoms with E-state index in [1.807, 2.05) is 0 Å². The van der Waals surface area contributed by atoms with Crippen molar-refractivity contribution in [3.05, 3.63) is 72.2 Å². The first kappa shape index (κ1) is 25.9. The Kier molecular flexibility index (Phi) is 8.34. The van der Waals surface area contributed by atoms with Crippen LogP contribution < -0.4 is 10.1 Å². The number of halogens is 2. The minimum atomic E-state index is -0.420. The molecule has 4 heterocycles. The maximum absolute atomic E-state index is 14.8. The number of piperazine rings is 1. The monoisotopic (exact) mass is 535 g/mol. The molecule has 0 bridgehead atoms. The van der Waals surface area contributed by atoms with E-state index >= 15 is 0 Å². The van der Waals surface area contributed by atoms with Crippen molar-refractivity contribution in [3.63, 3.8) is 0 Å². The molecule has 196 valence electrons. The molecule has 2 N–H and O–H groups in total. The number of pyridine rings is 1. The van der Waals surface area contributed by atoms with Crippen molar-refractivity contribution < 1.29 is 13.9 Å². The van der Waals surface area contributed by atoms with E-state index in [4.69, 9.17) is 21.1 Å². The molecule has 1 saturated heterocycles. The zero-order chi connectivity index (χ0) is 26.3. The van der Waals surface area contributed by atoms with Crippen LogP contribution in [0.3, 0.4) is 0 Å². The lowest BCUT2D eigenvalue weighted by molar-refractivity contribution is 0.139. The summed E-state index contributed by atoms with van der Waals surface area (Å²) in [6.07, 6.45) is 6.37. The summed E-state index contributed by atoms with van der Waals surface area (Å²) in [5.74, 6) is 0.0364. The van der Waals surface area contributed by atoms with E-state index < -0.39 is 5.82 Å². The molecule has 3 aromatic heterocycles. The largest absolute Gasteiger partial charge is 0.424 e. The van der Waals surface area contributed by atoms with E-state index in [0.717, 1.165) is 42.7 Å². The third-order valence-corrected chi connectivity index (χ3v) is 6.46. The molecule has 0 spiro atoms. The SMILES string of the molecule is COCCN1CCNCC1.Fc1cc2ncc3[nH]cnc3c2cc1-c1ccc(Oc2ncccn2)cc1Cl. The van der Waals surface area contributed by atoms with Crippen molar-refractivity contribution in [2.75, 3.05) is 46.4 Å². The van der Waals surface area contributed by atoms with Crippen LogP contribution in [0.4, 0.5) is 4.39 Å². The predicted octanol–water partition coefficient (Wildman–Crippen LogP) is 4.69. The highest BCUT2D eigenvalue weighted by Gasteiger charge is 2.15. The fourth-order valence-corrected chi connectivity index (χ4v) is 4.47. The number of imidazole rings is 1. The standard InChI is InChI=1S/C20H11ClFN5O.C7H16N2O/c21-15-6-11(28-20-23-4-1-5-24-20)2-3-12(15)13-7-14-17(8-16(13)22)25-9-18-19(14)27-10-26-18;1-10-7-6-9-4-2-8-3-5-9/h1-10H,(H,26,27);8H,2-7H2,1H3. The molecule has 0 unspecified atom stereocenters. The summed E-state index contributed by atoms with van der Waals surface area (Å²) in [6.45, 7) is 6.54. The highest BCUT2D eigenvalue weighted by atomic mass is 35.5. The summed E-state index contributed by atoms with van der Waals surface area (Å²) in [7, 11) is 1.75. The molecule has 0 atom stereocenters. The van der Waals surface area contributed by atoms with Crippen LogP contribution in [0.25, 0.3) is 33.1 Å². The number of rotatable bonds is 6. The number of benzene rings is 2. The fourth-order valence-electron chi connectivity index (χ4n) is 4.19. The number of nitrogens with one attached hydrogen (secondary N) is 2. The van der Waals surface area contributed by atoms with Crippen LogP contribution in [0.15, 0.2) is 61.3 Å². The van der Waals surface area contributed by atoms with Crippen LogP contribution in [-0.2, 0) is 4.74 Å². The molecule has 1 aliphatic rings. The molecular formula is C27H27ClFN7O2. The van der Waals surface area contributed by atoms with Gasteiger partial charge in [0, 0.05) is 80.9 Å². The molecule has 5 aromatic rings. The Bertz CT molecular complexity index is 1510. The third-order valence-electron chi connectivity index (χ3n) is 6.15. The number of fused-ring (bicyclic) bond motifs is 3. The summed E-state index contributed by atoms with van der Waals surface area (Å²) in [6, 6.07) is 9.98. The molecule has 38 heavy (non-hydrogen) atoms. The fraction of sp³-hybridized carbons (Fsp3) is 0.259. The van der Waals surface area contributed by atoms with Gasteiger partial charge in [0.15, 0.2) is 0 Å². The average Bonchev–Trinajstić information content (AvgIpc) is 3.43. The van der Waals surface area contributed by atoms with E-state index in [1.54, 1.807) is 62.4 Å². The summed E-state index contributed by atoms with van der Waals surface area (Å²) in [4.78, 5) is 22.0. The minimum absolute atomic E-state index is 0.204. The Morgan fingerprint density at radius 1 is 1.03 bits per heavy atom. The highest BCUT2D eigenvalue weighted by molar-refractivity contribution is 6.33. The van der Waals surface area contributed by atoms with Gasteiger partial charge < -0.3 is 19.8 Å². The maximum Gasteiger partial charge on any atom is 0.321 e. The molecule has 2 aromatic carbocycles. The van der Waals surface area contributed by atoms with Gasteiger partial charge in [-0.05, 0) is 24.3 Å². The number of H-pyrrole nitrogens is 1. The van der Waals surface area contributed by atoms with Gasteiger partial charge in [-0.15, -0.1) is 0 Å². The first-order valence-electron chi connectivity index (χ1n) is 12.2. The van der Waals surface area contributed by atoms with Crippen molar-refractivity contribution in [1.82, 2.24) is 35.1 Å². The minimum Gasteiger partial charge on any atom is -0.424 e. The third kappa shape index (κ3) is 6.05. The maximum atomic E-state index is 14.8. The Labute approximate surface area is 224 Å². The first-order valence-corrected chi connectivity index (χ1v) is 12.6. The Balaban J connectivity index is 0.000000249. The summed E-state index contributed by atoms with van der Waals surface area (Å²) < 4.78 is 25.3. The summed E-state index contributed by atoms with van der Waals surface area (Å²) >= 11 is 6.43. The predicted molar refractivity (Wildman–Crippen MR) is 145 cm³/mol. The normalized spacial score (nSPS) is 13.9. The van der Waals surface area contributed by atoms with E-state index in [9.17, 15) is 4.39 Å². The summed E-state index contributed by atoms with van der Waals surface area (Å²) in [5, 5.41) is 4.39. The highest BCUT2D eigenvalue weighted by Crippen LogP contribution is 2.36. The van der Waals surface area contributed by atoms with Gasteiger partial charge >= 0.3 is 6.01 Å². The molecule has 0 amide bonds. The van der Waals surface area contributed by atoms with Gasteiger partial charge in [0.25, 0.3) is 0 Å². The lowest BCUT2D eigenvalue weighted by Gasteiger charge is -2.26. The lowest BCUT2D eigenvalue weighted by atomic mass is 10.0. The van der Waals surface area contributed by atoms with Crippen molar-refractivity contribution in [2.45, 2.75) is 0 Å². The van der Waals surface area contributed by atoms with Crippen molar-refractivity contribution >= 4 is 33.5 Å². The second-order valence-electron chi connectivity index (χ2n) is 8.63. The molecule has 1 fully saturated rings. The van der Waals surface area contributed by atoms with E-state index in [-0.39, 0.29) is 6.01 Å². The number of nitrogens with zero attached hydrogens (tertiary/aromatic N) is 5. The molecule has 9 nitrogen and oxygen atoms in total. The van der Waals surface area contributed by atoms with Gasteiger partial charge in [-0.25, -0.2) is 19.3 Å². The Hall–Kier alpha value is -3.70. The van der Waals surface area contributed by atoms with E-state index in [2.05, 4.69) is 35.1 Å². The molecular weight excluding hydrogens is 509 g/mol. The smallest absolute Gasteiger partial charge is 0.321 e. The lowest BCUT2D eigenvalue weighted by Crippen LogP contribution is -2.44. The molecule has 1 aliphatic heterocycles. The number of methoxy groups -OCH3 is 1. The first-order chi connectivity index (χ1) is 18.6. The van der Waals surface area contributed by atoms with E-state index in [1.165, 1.54) is 19.2 Å². The van der Waals surface area contributed by atoms with Crippen LogP contribution in [-0.4, -0.2) is 76.3 Å². The average molecular weight is 536 g/mol. The Morgan fingerprint density at radius 2 is 1.84 bits per heavy atom. The van der Waals surface area contributed by atoms with Gasteiger partial charge in [0.05, 0.1) is 40.7 Å². The topological polar surface area (TPSA) is 101 Å². The van der Waals surface area contributed by atoms with Crippen LogP contribution in [0.1, 0.15) is 0 Å². The van der Waals surface area contributed by atoms with Gasteiger partial charge in [0.2, 0.25) is 0 Å². The zero-order valence-corrected chi connectivity index (χ0v) is 21.6. The number of hydrogen-bond acceptors (Lipinski definition) is 8. The van der Waals surface area contributed by atoms with Crippen LogP contribution >= 0.6 is 11.6 Å². The van der Waals surface area contributed by atoms with Crippen LogP contribution in [0.2, 0.25) is 5.02 Å². The van der Waals surface area contributed by atoms with Crippen molar-refractivity contribution in [1.29, 1.82) is 0 Å². The van der Waals surface area contributed by atoms with Crippen LogP contribution in [0.5, 0.6) is 11.8 Å².